The summed E-state index contributed by atoms with van der Waals surface area (Å²) in [6.07, 6.45) is -0.00901. The fourth-order valence-corrected chi connectivity index (χ4v) is 1.77. The Bertz CT molecular complexity index is 326. The summed E-state index contributed by atoms with van der Waals surface area (Å²) < 4.78 is 9.48. The molecule has 0 amide bonds. The van der Waals surface area contributed by atoms with Crippen LogP contribution in [0.15, 0.2) is 0 Å². The maximum absolute atomic E-state index is 11.8. The van der Waals surface area contributed by atoms with E-state index in [2.05, 4.69) is 4.74 Å². The molecule has 6 heteroatoms. The molecule has 0 saturated heterocycles. The SMILES string of the molecule is CC(C)(C)OC(=O)OC(=O)C1(N)CCC(O)CC1. The van der Waals surface area contributed by atoms with Crippen molar-refractivity contribution in [2.75, 3.05) is 0 Å². The lowest BCUT2D eigenvalue weighted by molar-refractivity contribution is -0.149. The molecule has 0 spiro atoms. The summed E-state index contributed by atoms with van der Waals surface area (Å²) in [7, 11) is 0. The summed E-state index contributed by atoms with van der Waals surface area (Å²) in [5.74, 6) is -0.788. The molecule has 0 aliphatic heterocycles. The molecule has 0 heterocycles. The molecule has 1 aliphatic rings. The average Bonchev–Trinajstić information content (AvgIpc) is 2.19. The van der Waals surface area contributed by atoms with Crippen molar-refractivity contribution in [1.29, 1.82) is 0 Å². The Labute approximate surface area is 106 Å². The van der Waals surface area contributed by atoms with Gasteiger partial charge in [0.2, 0.25) is 0 Å². The first kappa shape index (κ1) is 14.9. The Hall–Kier alpha value is -1.14. The molecular formula is C12H21NO5. The predicted molar refractivity (Wildman–Crippen MR) is 63.7 cm³/mol. The third-order valence-corrected chi connectivity index (χ3v) is 2.82. The van der Waals surface area contributed by atoms with E-state index in [1.165, 1.54) is 0 Å². The van der Waals surface area contributed by atoms with E-state index in [-0.39, 0.29) is 0 Å². The monoisotopic (exact) mass is 259 g/mol. The van der Waals surface area contributed by atoms with Gasteiger partial charge in [0.05, 0.1) is 6.10 Å². The van der Waals surface area contributed by atoms with Crippen molar-refractivity contribution < 1.29 is 24.2 Å². The smallest absolute Gasteiger partial charge is 0.428 e. The third kappa shape index (κ3) is 4.27. The molecule has 0 aromatic heterocycles. The van der Waals surface area contributed by atoms with Crippen molar-refractivity contribution in [3.05, 3.63) is 0 Å². The van der Waals surface area contributed by atoms with Crippen LogP contribution in [0, 0.1) is 0 Å². The second-order valence-corrected chi connectivity index (χ2v) is 5.74. The van der Waals surface area contributed by atoms with E-state index in [1.54, 1.807) is 20.8 Å². The van der Waals surface area contributed by atoms with E-state index in [0.717, 1.165) is 0 Å². The van der Waals surface area contributed by atoms with Gasteiger partial charge in [-0.2, -0.15) is 0 Å². The number of hydrogen-bond acceptors (Lipinski definition) is 6. The van der Waals surface area contributed by atoms with Crippen LogP contribution in [0.2, 0.25) is 0 Å². The maximum atomic E-state index is 11.8. The summed E-state index contributed by atoms with van der Waals surface area (Å²) >= 11 is 0. The van der Waals surface area contributed by atoms with Crippen LogP contribution in [0.4, 0.5) is 4.79 Å². The van der Waals surface area contributed by atoms with Crippen molar-refractivity contribution in [3.8, 4) is 0 Å². The third-order valence-electron chi connectivity index (χ3n) is 2.82. The molecule has 18 heavy (non-hydrogen) atoms. The molecule has 3 N–H and O–H groups in total. The Morgan fingerprint density at radius 1 is 1.28 bits per heavy atom. The van der Waals surface area contributed by atoms with Crippen LogP contribution in [-0.2, 0) is 14.3 Å². The highest BCUT2D eigenvalue weighted by atomic mass is 16.7. The molecule has 1 rings (SSSR count). The van der Waals surface area contributed by atoms with Gasteiger partial charge in [0.25, 0.3) is 0 Å². The lowest BCUT2D eigenvalue weighted by atomic mass is 9.81. The summed E-state index contributed by atoms with van der Waals surface area (Å²) in [5, 5.41) is 9.36. The van der Waals surface area contributed by atoms with Crippen molar-refractivity contribution in [3.63, 3.8) is 0 Å². The van der Waals surface area contributed by atoms with Crippen molar-refractivity contribution in [2.24, 2.45) is 5.73 Å². The van der Waals surface area contributed by atoms with E-state index in [0.29, 0.717) is 25.7 Å². The molecule has 0 aromatic rings. The van der Waals surface area contributed by atoms with Crippen LogP contribution in [-0.4, -0.2) is 34.5 Å². The summed E-state index contributed by atoms with van der Waals surface area (Å²) in [4.78, 5) is 23.1. The molecule has 104 valence electrons. The average molecular weight is 259 g/mol. The van der Waals surface area contributed by atoms with Gasteiger partial charge >= 0.3 is 12.1 Å². The number of rotatable bonds is 1. The molecule has 1 fully saturated rings. The normalized spacial score (nSPS) is 28.6. The largest absolute Gasteiger partial charge is 0.516 e. The Balaban J connectivity index is 2.52. The maximum Gasteiger partial charge on any atom is 0.516 e. The standard InChI is InChI=1S/C12H21NO5/c1-11(2,3)18-10(16)17-9(15)12(13)6-4-8(14)5-7-12/h8,14H,4-7,13H2,1-3H3. The van der Waals surface area contributed by atoms with Crippen LogP contribution in [0.25, 0.3) is 0 Å². The summed E-state index contributed by atoms with van der Waals surface area (Å²) in [6.45, 7) is 5.02. The van der Waals surface area contributed by atoms with Gasteiger partial charge in [0, 0.05) is 0 Å². The highest BCUT2D eigenvalue weighted by Gasteiger charge is 2.41. The Morgan fingerprint density at radius 3 is 2.22 bits per heavy atom. The number of nitrogens with two attached hydrogens (primary N) is 1. The van der Waals surface area contributed by atoms with Gasteiger partial charge in [-0.05, 0) is 46.5 Å². The first-order valence-electron chi connectivity index (χ1n) is 6.05. The van der Waals surface area contributed by atoms with Crippen molar-refractivity contribution >= 4 is 12.1 Å². The number of esters is 1. The lowest BCUT2D eigenvalue weighted by Crippen LogP contribution is -2.52. The Kier molecular flexibility index (Phi) is 4.34. The molecule has 0 radical (unpaired) electrons. The molecular weight excluding hydrogens is 238 g/mol. The van der Waals surface area contributed by atoms with E-state index >= 15 is 0 Å². The summed E-state index contributed by atoms with van der Waals surface area (Å²) in [6, 6.07) is 0. The number of aliphatic hydroxyl groups is 1. The van der Waals surface area contributed by atoms with E-state index in [9.17, 15) is 14.7 Å². The van der Waals surface area contributed by atoms with E-state index < -0.39 is 29.4 Å². The number of aliphatic hydroxyl groups excluding tert-OH is 1. The van der Waals surface area contributed by atoms with Gasteiger partial charge in [-0.15, -0.1) is 0 Å². The molecule has 0 aromatic carbocycles. The van der Waals surface area contributed by atoms with Gasteiger partial charge in [-0.25, -0.2) is 9.59 Å². The van der Waals surface area contributed by atoms with Gasteiger partial charge in [0.15, 0.2) is 0 Å². The number of carbonyl (C=O) groups excluding carboxylic acids is 2. The first-order valence-corrected chi connectivity index (χ1v) is 6.05. The van der Waals surface area contributed by atoms with Gasteiger partial charge in [-0.1, -0.05) is 0 Å². The minimum Gasteiger partial charge on any atom is -0.428 e. The highest BCUT2D eigenvalue weighted by Crippen LogP contribution is 2.27. The fraction of sp³-hybridized carbons (Fsp3) is 0.833. The Morgan fingerprint density at radius 2 is 1.78 bits per heavy atom. The van der Waals surface area contributed by atoms with Crippen molar-refractivity contribution in [2.45, 2.75) is 63.7 Å². The zero-order valence-electron chi connectivity index (χ0n) is 11.1. The topological polar surface area (TPSA) is 98.9 Å². The first-order chi connectivity index (χ1) is 8.12. The summed E-state index contributed by atoms with van der Waals surface area (Å²) in [5.41, 5.74) is 3.96. The number of carbonyl (C=O) groups is 2. The molecule has 0 atom stereocenters. The zero-order chi connectivity index (χ0) is 14.0. The lowest BCUT2D eigenvalue weighted by Gasteiger charge is -2.32. The van der Waals surface area contributed by atoms with Crippen LogP contribution < -0.4 is 5.73 Å². The van der Waals surface area contributed by atoms with Crippen molar-refractivity contribution in [1.82, 2.24) is 0 Å². The second-order valence-electron chi connectivity index (χ2n) is 5.74. The van der Waals surface area contributed by atoms with E-state index in [1.807, 2.05) is 0 Å². The molecule has 0 bridgehead atoms. The van der Waals surface area contributed by atoms with Crippen LogP contribution >= 0.6 is 0 Å². The fourth-order valence-electron chi connectivity index (χ4n) is 1.77. The minimum atomic E-state index is -1.20. The molecule has 1 aliphatic carbocycles. The predicted octanol–water partition coefficient (Wildman–Crippen LogP) is 1.10. The van der Waals surface area contributed by atoms with Crippen LogP contribution in [0.1, 0.15) is 46.5 Å². The van der Waals surface area contributed by atoms with Gasteiger partial charge in [-0.3, -0.25) is 0 Å². The molecule has 0 unspecified atom stereocenters. The highest BCUT2D eigenvalue weighted by molar-refractivity contribution is 5.88. The molecule has 1 saturated carbocycles. The quantitative estimate of drug-likeness (QED) is 0.540. The molecule has 6 nitrogen and oxygen atoms in total. The van der Waals surface area contributed by atoms with Gasteiger partial charge < -0.3 is 20.3 Å². The minimum absolute atomic E-state index is 0.301. The van der Waals surface area contributed by atoms with Crippen LogP contribution in [0.3, 0.4) is 0 Å². The van der Waals surface area contributed by atoms with E-state index in [4.69, 9.17) is 10.5 Å². The second kappa shape index (κ2) is 5.24. The zero-order valence-corrected chi connectivity index (χ0v) is 11.1. The number of ether oxygens (including phenoxy) is 2. The van der Waals surface area contributed by atoms with Crippen LogP contribution in [0.5, 0.6) is 0 Å². The number of hydrogen-bond donors (Lipinski definition) is 2. The van der Waals surface area contributed by atoms with Gasteiger partial charge in [0.1, 0.15) is 11.1 Å².